The number of alkyl halides is 4. The fraction of sp³-hybridized carbons (Fsp3) is 1.00. The molecule has 1 fully saturated rings. The molecule has 1 saturated heterocycles. The second-order valence-electron chi connectivity index (χ2n) is 1.49. The van der Waals surface area contributed by atoms with Crippen LogP contribution in [0.3, 0.4) is 0 Å². The van der Waals surface area contributed by atoms with Crippen molar-refractivity contribution in [2.45, 2.75) is 9.22 Å². The first-order chi connectivity index (χ1) is 3.91. The molecule has 0 aromatic heterocycles. The minimum absolute atomic E-state index is 0.0386. The Morgan fingerprint density at radius 3 is 1.78 bits per heavy atom. The molecule has 1 aliphatic rings. The summed E-state index contributed by atoms with van der Waals surface area (Å²) in [6.45, 7) is -0.0386. The smallest absolute Gasteiger partial charge is 0.319 e. The molecule has 9 heavy (non-hydrogen) atoms. The molecule has 6 heteroatoms. The maximum atomic E-state index is 5.40. The van der Waals surface area contributed by atoms with Crippen molar-refractivity contribution >= 4 is 46.4 Å². The third-order valence-electron chi connectivity index (χ3n) is 0.676. The van der Waals surface area contributed by atoms with Gasteiger partial charge in [-0.15, -0.1) is 0 Å². The Hall–Kier alpha value is 1.08. The van der Waals surface area contributed by atoms with Crippen LogP contribution in [0.1, 0.15) is 0 Å². The van der Waals surface area contributed by atoms with E-state index in [1.807, 2.05) is 0 Å². The summed E-state index contributed by atoms with van der Waals surface area (Å²) < 4.78 is 6.07. The van der Waals surface area contributed by atoms with Gasteiger partial charge >= 0.3 is 4.71 Å². The van der Waals surface area contributed by atoms with Crippen LogP contribution in [-0.4, -0.2) is 15.8 Å². The maximum Gasteiger partial charge on any atom is 0.334 e. The lowest BCUT2D eigenvalue weighted by Crippen LogP contribution is -2.18. The molecule has 1 rings (SSSR count). The molecule has 0 bridgehead atoms. The van der Waals surface area contributed by atoms with E-state index in [2.05, 4.69) is 9.47 Å². The zero-order chi connectivity index (χ0) is 7.12. The summed E-state index contributed by atoms with van der Waals surface area (Å²) in [6.07, 6.45) is 0. The SMILES string of the molecule is ClC1(Cl)COC(Cl)(Cl)O1. The van der Waals surface area contributed by atoms with Crippen molar-refractivity contribution < 1.29 is 9.47 Å². The van der Waals surface area contributed by atoms with Gasteiger partial charge in [0.2, 0.25) is 4.52 Å². The summed E-state index contributed by atoms with van der Waals surface area (Å²) >= 11 is 21.4. The number of rotatable bonds is 0. The lowest BCUT2D eigenvalue weighted by Gasteiger charge is -2.11. The molecule has 1 aliphatic heterocycles. The Labute approximate surface area is 71.9 Å². The van der Waals surface area contributed by atoms with Gasteiger partial charge in [-0.1, -0.05) is 23.2 Å². The predicted molar refractivity (Wildman–Crippen MR) is 35.9 cm³/mol. The van der Waals surface area contributed by atoms with Crippen LogP contribution in [0.4, 0.5) is 0 Å². The molecule has 0 aromatic carbocycles. The highest BCUT2D eigenvalue weighted by Crippen LogP contribution is 2.42. The second kappa shape index (κ2) is 2.29. The molecule has 0 atom stereocenters. The van der Waals surface area contributed by atoms with Gasteiger partial charge in [-0.05, 0) is 23.2 Å². The van der Waals surface area contributed by atoms with E-state index in [9.17, 15) is 0 Å². The van der Waals surface area contributed by atoms with Crippen LogP contribution in [0.25, 0.3) is 0 Å². The van der Waals surface area contributed by atoms with Gasteiger partial charge in [-0.25, -0.2) is 0 Å². The van der Waals surface area contributed by atoms with Crippen LogP contribution >= 0.6 is 46.4 Å². The first-order valence-corrected chi connectivity index (χ1v) is 3.52. The number of hydrogen-bond donors (Lipinski definition) is 0. The molecule has 1 heterocycles. The Kier molecular flexibility index (Phi) is 2.08. The van der Waals surface area contributed by atoms with Crippen LogP contribution in [0.2, 0.25) is 0 Å². The third kappa shape index (κ3) is 2.30. The van der Waals surface area contributed by atoms with Gasteiger partial charge in [0.25, 0.3) is 0 Å². The molecule has 0 N–H and O–H groups in total. The number of halogens is 4. The quantitative estimate of drug-likeness (QED) is 0.573. The molecule has 0 radical (unpaired) electrons. The van der Waals surface area contributed by atoms with Gasteiger partial charge in [-0.3, -0.25) is 4.74 Å². The van der Waals surface area contributed by atoms with Gasteiger partial charge in [-0.2, -0.15) is 0 Å². The van der Waals surface area contributed by atoms with Crippen LogP contribution in [0.5, 0.6) is 0 Å². The monoisotopic (exact) mass is 210 g/mol. The topological polar surface area (TPSA) is 18.5 Å². The minimum atomic E-state index is -1.69. The highest BCUT2D eigenvalue weighted by atomic mass is 35.5. The van der Waals surface area contributed by atoms with Crippen molar-refractivity contribution in [3.63, 3.8) is 0 Å². The van der Waals surface area contributed by atoms with Gasteiger partial charge in [0.1, 0.15) is 6.61 Å². The van der Waals surface area contributed by atoms with E-state index >= 15 is 0 Å². The fourth-order valence-corrected chi connectivity index (χ4v) is 1.26. The van der Waals surface area contributed by atoms with Crippen LogP contribution < -0.4 is 0 Å². The van der Waals surface area contributed by atoms with Crippen molar-refractivity contribution in [1.82, 2.24) is 0 Å². The van der Waals surface area contributed by atoms with Crippen LogP contribution in [0, 0.1) is 0 Å². The van der Waals surface area contributed by atoms with Crippen molar-refractivity contribution in [1.29, 1.82) is 0 Å². The first kappa shape index (κ1) is 8.18. The molecule has 54 valence electrons. The van der Waals surface area contributed by atoms with E-state index in [1.165, 1.54) is 0 Å². The summed E-state index contributed by atoms with van der Waals surface area (Å²) in [4.78, 5) is 0. The van der Waals surface area contributed by atoms with Crippen molar-refractivity contribution in [3.05, 3.63) is 0 Å². The number of hydrogen-bond acceptors (Lipinski definition) is 2. The molecule has 0 spiro atoms. The minimum Gasteiger partial charge on any atom is -0.319 e. The Morgan fingerprint density at radius 2 is 1.67 bits per heavy atom. The molecular weight excluding hydrogens is 210 g/mol. The van der Waals surface area contributed by atoms with E-state index in [0.29, 0.717) is 0 Å². The largest absolute Gasteiger partial charge is 0.334 e. The molecule has 0 amide bonds. The van der Waals surface area contributed by atoms with Crippen LogP contribution in [0.15, 0.2) is 0 Å². The normalized spacial score (nSPS) is 30.7. The summed E-state index contributed by atoms with van der Waals surface area (Å²) in [5, 5.41) is 0. The average molecular weight is 212 g/mol. The lowest BCUT2D eigenvalue weighted by atomic mass is 10.8. The summed E-state index contributed by atoms with van der Waals surface area (Å²) in [5.74, 6) is 0. The van der Waals surface area contributed by atoms with E-state index < -0.39 is 9.22 Å². The van der Waals surface area contributed by atoms with Crippen LogP contribution in [-0.2, 0) is 9.47 Å². The first-order valence-electron chi connectivity index (χ1n) is 2.01. The predicted octanol–water partition coefficient (Wildman–Crippen LogP) is 2.25. The van der Waals surface area contributed by atoms with Gasteiger partial charge in [0.15, 0.2) is 0 Å². The van der Waals surface area contributed by atoms with E-state index in [-0.39, 0.29) is 6.61 Å². The second-order valence-corrected chi connectivity index (χ2v) is 4.09. The Balaban J connectivity index is 2.58. The average Bonchev–Trinajstić information content (AvgIpc) is 1.78. The summed E-state index contributed by atoms with van der Waals surface area (Å²) in [6, 6.07) is 0. The summed E-state index contributed by atoms with van der Waals surface area (Å²) in [7, 11) is 0. The zero-order valence-electron chi connectivity index (χ0n) is 4.04. The third-order valence-corrected chi connectivity index (χ3v) is 1.42. The van der Waals surface area contributed by atoms with E-state index in [4.69, 9.17) is 46.4 Å². The maximum absolute atomic E-state index is 5.40. The van der Waals surface area contributed by atoms with Crippen molar-refractivity contribution in [3.8, 4) is 0 Å². The highest BCUT2D eigenvalue weighted by Gasteiger charge is 2.46. The molecule has 2 nitrogen and oxygen atoms in total. The van der Waals surface area contributed by atoms with Gasteiger partial charge in [0.05, 0.1) is 0 Å². The number of ether oxygens (including phenoxy) is 2. The van der Waals surface area contributed by atoms with Gasteiger partial charge in [0, 0.05) is 0 Å². The van der Waals surface area contributed by atoms with Crippen molar-refractivity contribution in [2.75, 3.05) is 6.61 Å². The highest BCUT2D eigenvalue weighted by molar-refractivity contribution is 6.50. The lowest BCUT2D eigenvalue weighted by molar-refractivity contribution is -0.0237. The molecule has 0 saturated carbocycles. The molecule has 0 aromatic rings. The standard InChI is InChI=1S/C3H2Cl4O2/c4-2(5)1-8-3(6,7)9-2/h1H2. The fourth-order valence-electron chi connectivity index (χ4n) is 0.401. The Morgan fingerprint density at radius 1 is 1.11 bits per heavy atom. The van der Waals surface area contributed by atoms with Crippen molar-refractivity contribution in [2.24, 2.45) is 0 Å². The molecular formula is C3H2Cl4O2. The van der Waals surface area contributed by atoms with Gasteiger partial charge < -0.3 is 4.74 Å². The van der Waals surface area contributed by atoms with E-state index in [0.717, 1.165) is 0 Å². The summed E-state index contributed by atoms with van der Waals surface area (Å²) in [5.41, 5.74) is 0. The molecule has 0 unspecified atom stereocenters. The van der Waals surface area contributed by atoms with E-state index in [1.54, 1.807) is 0 Å². The zero-order valence-corrected chi connectivity index (χ0v) is 7.06. The Bertz CT molecular complexity index is 109. The molecule has 0 aliphatic carbocycles.